The first-order chi connectivity index (χ1) is 10.2. The minimum atomic E-state index is 0.530. The standard InChI is InChI=1S/C16H23N5/c1-3-9-21-15(17)14(13-10-18-20(4-2)11-13)19-16(21)12-7-5-6-8-12/h3,10-12H,1,4-9,17H2,2H3. The number of nitrogens with two attached hydrogens (primary N) is 1. The van der Waals surface area contributed by atoms with Gasteiger partial charge in [-0.25, -0.2) is 4.98 Å². The lowest BCUT2D eigenvalue weighted by Gasteiger charge is -2.11. The number of nitrogens with zero attached hydrogens (tertiary/aromatic N) is 4. The summed E-state index contributed by atoms with van der Waals surface area (Å²) < 4.78 is 4.01. The van der Waals surface area contributed by atoms with Crippen molar-refractivity contribution in [1.82, 2.24) is 19.3 Å². The van der Waals surface area contributed by atoms with Crippen molar-refractivity contribution in [3.63, 3.8) is 0 Å². The molecule has 0 amide bonds. The summed E-state index contributed by atoms with van der Waals surface area (Å²) in [4.78, 5) is 4.87. The third kappa shape index (κ3) is 2.48. The molecule has 0 aromatic carbocycles. The molecule has 0 radical (unpaired) electrons. The summed E-state index contributed by atoms with van der Waals surface area (Å²) in [7, 11) is 0. The first-order valence-corrected chi connectivity index (χ1v) is 7.74. The van der Waals surface area contributed by atoms with Gasteiger partial charge in [-0.05, 0) is 19.8 Å². The van der Waals surface area contributed by atoms with E-state index in [1.165, 1.54) is 25.7 Å². The van der Waals surface area contributed by atoms with Gasteiger partial charge in [-0.15, -0.1) is 6.58 Å². The number of allylic oxidation sites excluding steroid dienone is 1. The maximum absolute atomic E-state index is 6.36. The van der Waals surface area contributed by atoms with Crippen LogP contribution in [0.3, 0.4) is 0 Å². The molecule has 112 valence electrons. The van der Waals surface area contributed by atoms with Crippen LogP contribution in [0.2, 0.25) is 0 Å². The van der Waals surface area contributed by atoms with Crippen molar-refractivity contribution in [3.05, 3.63) is 30.9 Å². The first-order valence-electron chi connectivity index (χ1n) is 7.74. The molecule has 5 nitrogen and oxygen atoms in total. The minimum absolute atomic E-state index is 0.530. The van der Waals surface area contributed by atoms with E-state index >= 15 is 0 Å². The van der Waals surface area contributed by atoms with Gasteiger partial charge in [0.2, 0.25) is 0 Å². The second-order valence-corrected chi connectivity index (χ2v) is 5.67. The molecule has 2 heterocycles. The van der Waals surface area contributed by atoms with E-state index in [1.54, 1.807) is 0 Å². The van der Waals surface area contributed by atoms with Crippen LogP contribution < -0.4 is 5.73 Å². The number of anilines is 1. The van der Waals surface area contributed by atoms with Gasteiger partial charge in [0.05, 0.1) is 6.20 Å². The van der Waals surface area contributed by atoms with Gasteiger partial charge in [0.1, 0.15) is 17.3 Å². The lowest BCUT2D eigenvalue weighted by atomic mass is 10.1. The number of hydrogen-bond acceptors (Lipinski definition) is 3. The Bertz CT molecular complexity index is 631. The number of rotatable bonds is 5. The van der Waals surface area contributed by atoms with E-state index in [-0.39, 0.29) is 0 Å². The fourth-order valence-corrected chi connectivity index (χ4v) is 3.17. The molecule has 1 aliphatic carbocycles. The van der Waals surface area contributed by atoms with Crippen molar-refractivity contribution in [3.8, 4) is 11.3 Å². The second kappa shape index (κ2) is 5.76. The molecule has 0 spiro atoms. The zero-order chi connectivity index (χ0) is 14.8. The van der Waals surface area contributed by atoms with Crippen molar-refractivity contribution >= 4 is 5.82 Å². The van der Waals surface area contributed by atoms with Gasteiger partial charge < -0.3 is 10.3 Å². The Morgan fingerprint density at radius 2 is 2.19 bits per heavy atom. The third-order valence-corrected chi connectivity index (χ3v) is 4.30. The second-order valence-electron chi connectivity index (χ2n) is 5.67. The van der Waals surface area contributed by atoms with Crippen LogP contribution in [0.4, 0.5) is 5.82 Å². The average molecular weight is 285 g/mol. The molecule has 1 aliphatic rings. The summed E-state index contributed by atoms with van der Waals surface area (Å²) in [6.07, 6.45) is 10.7. The molecule has 2 aromatic heterocycles. The quantitative estimate of drug-likeness (QED) is 0.858. The van der Waals surface area contributed by atoms with Crippen molar-refractivity contribution in [2.45, 2.75) is 51.6 Å². The van der Waals surface area contributed by atoms with Gasteiger partial charge in [-0.2, -0.15) is 5.10 Å². The van der Waals surface area contributed by atoms with Gasteiger partial charge >= 0.3 is 0 Å². The molecule has 0 aliphatic heterocycles. The molecule has 0 saturated heterocycles. The molecule has 1 saturated carbocycles. The van der Waals surface area contributed by atoms with Gasteiger partial charge in [-0.3, -0.25) is 4.68 Å². The highest BCUT2D eigenvalue weighted by atomic mass is 15.3. The van der Waals surface area contributed by atoms with Crippen molar-refractivity contribution in [1.29, 1.82) is 0 Å². The Kier molecular flexibility index (Phi) is 3.82. The van der Waals surface area contributed by atoms with Crippen LogP contribution in [0.5, 0.6) is 0 Å². The van der Waals surface area contributed by atoms with E-state index in [0.29, 0.717) is 12.5 Å². The number of imidazole rings is 1. The van der Waals surface area contributed by atoms with Crippen LogP contribution in [0.15, 0.2) is 25.0 Å². The average Bonchev–Trinajstić information content (AvgIpc) is 3.20. The van der Waals surface area contributed by atoms with E-state index in [0.717, 1.165) is 29.4 Å². The number of nitrogen functional groups attached to an aromatic ring is 1. The predicted octanol–water partition coefficient (Wildman–Crippen LogP) is 3.19. The molecule has 0 atom stereocenters. The summed E-state index contributed by atoms with van der Waals surface area (Å²) in [5.74, 6) is 2.37. The van der Waals surface area contributed by atoms with E-state index in [1.807, 2.05) is 23.2 Å². The zero-order valence-corrected chi connectivity index (χ0v) is 12.6. The van der Waals surface area contributed by atoms with E-state index in [4.69, 9.17) is 10.7 Å². The fraction of sp³-hybridized carbons (Fsp3) is 0.500. The number of hydrogen-bond donors (Lipinski definition) is 1. The van der Waals surface area contributed by atoms with Gasteiger partial charge in [0.25, 0.3) is 0 Å². The lowest BCUT2D eigenvalue weighted by Crippen LogP contribution is -2.08. The van der Waals surface area contributed by atoms with Gasteiger partial charge in [0, 0.05) is 30.8 Å². The van der Waals surface area contributed by atoms with Crippen LogP contribution in [0.25, 0.3) is 11.3 Å². The normalized spacial score (nSPS) is 15.7. The third-order valence-electron chi connectivity index (χ3n) is 4.30. The summed E-state index contributed by atoms with van der Waals surface area (Å²) in [6, 6.07) is 0. The lowest BCUT2D eigenvalue weighted by molar-refractivity contribution is 0.618. The molecule has 2 aromatic rings. The minimum Gasteiger partial charge on any atom is -0.383 e. The molecule has 3 rings (SSSR count). The Hall–Kier alpha value is -2.04. The zero-order valence-electron chi connectivity index (χ0n) is 12.6. The van der Waals surface area contributed by atoms with Crippen LogP contribution in [-0.4, -0.2) is 19.3 Å². The highest BCUT2D eigenvalue weighted by molar-refractivity contribution is 5.70. The maximum atomic E-state index is 6.36. The number of aryl methyl sites for hydroxylation is 1. The van der Waals surface area contributed by atoms with Crippen molar-refractivity contribution < 1.29 is 0 Å². The Morgan fingerprint density at radius 3 is 2.81 bits per heavy atom. The monoisotopic (exact) mass is 285 g/mol. The van der Waals surface area contributed by atoms with Crippen LogP contribution in [0.1, 0.15) is 44.3 Å². The maximum Gasteiger partial charge on any atom is 0.132 e. The molecular formula is C16H23N5. The highest BCUT2D eigenvalue weighted by Gasteiger charge is 2.25. The van der Waals surface area contributed by atoms with E-state index in [2.05, 4.69) is 23.2 Å². The fourth-order valence-electron chi connectivity index (χ4n) is 3.17. The summed E-state index contributed by atoms with van der Waals surface area (Å²) >= 11 is 0. The van der Waals surface area contributed by atoms with E-state index < -0.39 is 0 Å². The van der Waals surface area contributed by atoms with Crippen LogP contribution in [-0.2, 0) is 13.1 Å². The molecule has 5 heteroatoms. The van der Waals surface area contributed by atoms with Crippen molar-refractivity contribution in [2.24, 2.45) is 0 Å². The van der Waals surface area contributed by atoms with Crippen LogP contribution in [0, 0.1) is 0 Å². The highest BCUT2D eigenvalue weighted by Crippen LogP contribution is 2.37. The van der Waals surface area contributed by atoms with Crippen LogP contribution >= 0.6 is 0 Å². The molecule has 1 fully saturated rings. The predicted molar refractivity (Wildman–Crippen MR) is 84.9 cm³/mol. The molecule has 2 N–H and O–H groups in total. The largest absolute Gasteiger partial charge is 0.383 e. The molecule has 0 unspecified atom stereocenters. The smallest absolute Gasteiger partial charge is 0.132 e. The Morgan fingerprint density at radius 1 is 1.43 bits per heavy atom. The Labute approximate surface area is 125 Å². The SMILES string of the molecule is C=CCn1c(C2CCCC2)nc(-c2cnn(CC)c2)c1N. The van der Waals surface area contributed by atoms with Gasteiger partial charge in [-0.1, -0.05) is 18.9 Å². The molecule has 0 bridgehead atoms. The van der Waals surface area contributed by atoms with Crippen molar-refractivity contribution in [2.75, 3.05) is 5.73 Å². The van der Waals surface area contributed by atoms with Gasteiger partial charge in [0.15, 0.2) is 0 Å². The summed E-state index contributed by atoms with van der Waals surface area (Å²) in [5.41, 5.74) is 8.21. The summed E-state index contributed by atoms with van der Waals surface area (Å²) in [6.45, 7) is 7.48. The molecular weight excluding hydrogens is 262 g/mol. The van der Waals surface area contributed by atoms with E-state index in [9.17, 15) is 0 Å². The molecule has 21 heavy (non-hydrogen) atoms. The summed E-state index contributed by atoms with van der Waals surface area (Å²) in [5, 5.41) is 4.33. The number of aromatic nitrogens is 4. The first kappa shape index (κ1) is 13.9. The topological polar surface area (TPSA) is 61.7 Å². The Balaban J connectivity index is 2.04.